The fraction of sp³-hybridized carbons (Fsp3) is 0.571. The lowest BCUT2D eigenvalue weighted by Gasteiger charge is -2.21. The molecule has 0 saturated heterocycles. The van der Waals surface area contributed by atoms with Crippen molar-refractivity contribution in [3.63, 3.8) is 0 Å². The third-order valence-electron chi connectivity index (χ3n) is 2.94. The molecule has 3 N–H and O–H groups in total. The van der Waals surface area contributed by atoms with Crippen LogP contribution in [-0.4, -0.2) is 31.4 Å². The summed E-state index contributed by atoms with van der Waals surface area (Å²) in [4.78, 5) is 0. The maximum atomic E-state index is 10.4. The Hall–Kier alpha value is -1.26. The van der Waals surface area contributed by atoms with Gasteiger partial charge in [0.15, 0.2) is 0 Å². The van der Waals surface area contributed by atoms with E-state index in [1.807, 2.05) is 25.1 Å². The van der Waals surface area contributed by atoms with Crippen LogP contribution < -0.4 is 14.8 Å². The topological polar surface area (TPSA) is 55.3 Å². The number of nitrogens with two attached hydrogens (primary N) is 1. The molecule has 0 fully saturated rings. The molecule has 0 heterocycles. The molecular weight excluding hydrogens is 230 g/mol. The minimum atomic E-state index is -0.586. The molecule has 0 aliphatic heterocycles. The van der Waals surface area contributed by atoms with Gasteiger partial charge in [0, 0.05) is 5.56 Å². The highest BCUT2D eigenvalue weighted by Crippen LogP contribution is 2.30. The molecule has 0 radical (unpaired) electrons. The Morgan fingerprint density at radius 2 is 1.78 bits per heavy atom. The number of methoxy groups -OCH3 is 2. The number of benzene rings is 1. The third kappa shape index (κ3) is 3.62. The summed E-state index contributed by atoms with van der Waals surface area (Å²) in [6, 6.07) is 5.97. The lowest BCUT2D eigenvalue weighted by molar-refractivity contribution is -0.720. The van der Waals surface area contributed by atoms with Crippen molar-refractivity contribution in [3.8, 4) is 11.5 Å². The molecule has 18 heavy (non-hydrogen) atoms. The van der Waals surface area contributed by atoms with E-state index in [-0.39, 0.29) is 6.04 Å². The Morgan fingerprint density at radius 1 is 1.11 bits per heavy atom. The first kappa shape index (κ1) is 14.8. The van der Waals surface area contributed by atoms with Gasteiger partial charge < -0.3 is 19.9 Å². The number of aliphatic hydroxyl groups excluding tert-OH is 1. The number of quaternary nitrogens is 1. The Morgan fingerprint density at radius 3 is 2.28 bits per heavy atom. The van der Waals surface area contributed by atoms with Crippen LogP contribution in [0.4, 0.5) is 0 Å². The van der Waals surface area contributed by atoms with E-state index in [0.29, 0.717) is 11.8 Å². The van der Waals surface area contributed by atoms with Gasteiger partial charge in [-0.05, 0) is 39.0 Å². The van der Waals surface area contributed by atoms with Gasteiger partial charge >= 0.3 is 0 Å². The normalized spacial score (nSPS) is 14.4. The second-order valence-electron chi connectivity index (χ2n) is 4.85. The van der Waals surface area contributed by atoms with Gasteiger partial charge in [0.25, 0.3) is 0 Å². The quantitative estimate of drug-likeness (QED) is 0.799. The van der Waals surface area contributed by atoms with Gasteiger partial charge in [-0.3, -0.25) is 0 Å². The van der Waals surface area contributed by atoms with Gasteiger partial charge in [-0.15, -0.1) is 0 Å². The lowest BCUT2D eigenvalue weighted by atomic mass is 10.0. The van der Waals surface area contributed by atoms with Crippen LogP contribution in [-0.2, 0) is 0 Å². The van der Waals surface area contributed by atoms with E-state index in [9.17, 15) is 5.11 Å². The summed E-state index contributed by atoms with van der Waals surface area (Å²) in [5, 5.41) is 12.5. The monoisotopic (exact) mass is 254 g/mol. The highest BCUT2D eigenvalue weighted by Gasteiger charge is 2.24. The van der Waals surface area contributed by atoms with E-state index in [1.165, 1.54) is 0 Å². The van der Waals surface area contributed by atoms with Gasteiger partial charge in [-0.1, -0.05) is 0 Å². The molecule has 1 aromatic rings. The van der Waals surface area contributed by atoms with Crippen LogP contribution in [0.5, 0.6) is 11.5 Å². The van der Waals surface area contributed by atoms with Crippen molar-refractivity contribution in [1.29, 1.82) is 0 Å². The van der Waals surface area contributed by atoms with E-state index in [4.69, 9.17) is 9.47 Å². The maximum absolute atomic E-state index is 10.4. The number of rotatable bonds is 6. The zero-order valence-electron chi connectivity index (χ0n) is 11.8. The summed E-state index contributed by atoms with van der Waals surface area (Å²) >= 11 is 0. The molecule has 0 aliphatic carbocycles. The molecule has 0 aromatic heterocycles. The van der Waals surface area contributed by atoms with Crippen LogP contribution in [0.25, 0.3) is 0 Å². The number of ether oxygens (including phenoxy) is 2. The first-order chi connectivity index (χ1) is 8.49. The molecule has 1 aromatic carbocycles. The van der Waals surface area contributed by atoms with Gasteiger partial charge in [0.2, 0.25) is 0 Å². The summed E-state index contributed by atoms with van der Waals surface area (Å²) in [7, 11) is 3.22. The van der Waals surface area contributed by atoms with Gasteiger partial charge in [0.1, 0.15) is 23.6 Å². The van der Waals surface area contributed by atoms with Crippen molar-refractivity contribution >= 4 is 0 Å². The Bertz CT molecular complexity index is 379. The summed E-state index contributed by atoms with van der Waals surface area (Å²) in [6.07, 6.45) is -0.586. The first-order valence-corrected chi connectivity index (χ1v) is 6.24. The molecule has 0 bridgehead atoms. The smallest absolute Gasteiger partial charge is 0.134 e. The van der Waals surface area contributed by atoms with Crippen molar-refractivity contribution in [2.45, 2.75) is 39.0 Å². The molecule has 0 saturated carbocycles. The van der Waals surface area contributed by atoms with Crippen LogP contribution in [0.1, 0.15) is 32.4 Å². The van der Waals surface area contributed by atoms with E-state index >= 15 is 0 Å². The molecule has 0 amide bonds. The maximum Gasteiger partial charge on any atom is 0.134 e. The molecule has 2 atom stereocenters. The molecule has 1 rings (SSSR count). The minimum absolute atomic E-state index is 0.0611. The largest absolute Gasteiger partial charge is 0.497 e. The molecule has 4 nitrogen and oxygen atoms in total. The summed E-state index contributed by atoms with van der Waals surface area (Å²) in [5.41, 5.74) is 0.765. The number of hydrogen-bond acceptors (Lipinski definition) is 3. The number of aliphatic hydroxyl groups is 1. The van der Waals surface area contributed by atoms with Gasteiger partial charge in [0.05, 0.1) is 20.3 Å². The molecule has 0 unspecified atom stereocenters. The average molecular weight is 254 g/mol. The van der Waals surface area contributed by atoms with E-state index < -0.39 is 6.10 Å². The zero-order chi connectivity index (χ0) is 13.7. The van der Waals surface area contributed by atoms with Crippen LogP contribution in [0.2, 0.25) is 0 Å². The highest BCUT2D eigenvalue weighted by molar-refractivity contribution is 5.41. The molecule has 102 valence electrons. The highest BCUT2D eigenvalue weighted by atomic mass is 16.5. The molecular formula is C14H24NO3+. The summed E-state index contributed by atoms with van der Waals surface area (Å²) in [5.74, 6) is 1.41. The Balaban J connectivity index is 2.98. The zero-order valence-corrected chi connectivity index (χ0v) is 11.8. The third-order valence-corrected chi connectivity index (χ3v) is 2.94. The van der Waals surface area contributed by atoms with E-state index in [1.54, 1.807) is 14.2 Å². The van der Waals surface area contributed by atoms with E-state index in [2.05, 4.69) is 19.2 Å². The lowest BCUT2D eigenvalue weighted by Crippen LogP contribution is -2.94. The van der Waals surface area contributed by atoms with Gasteiger partial charge in [-0.2, -0.15) is 0 Å². The minimum Gasteiger partial charge on any atom is -0.497 e. The SMILES string of the molecule is COc1ccc(OC)c([C@@H](O)[C@H](C)[NH2+]C(C)C)c1. The van der Waals surface area contributed by atoms with Gasteiger partial charge in [-0.25, -0.2) is 0 Å². The van der Waals surface area contributed by atoms with Crippen molar-refractivity contribution in [2.75, 3.05) is 14.2 Å². The van der Waals surface area contributed by atoms with Crippen molar-refractivity contribution in [1.82, 2.24) is 0 Å². The van der Waals surface area contributed by atoms with Crippen molar-refractivity contribution in [3.05, 3.63) is 23.8 Å². The van der Waals surface area contributed by atoms with E-state index in [0.717, 1.165) is 11.3 Å². The van der Waals surface area contributed by atoms with Crippen LogP contribution in [0.15, 0.2) is 18.2 Å². The standard InChI is InChI=1S/C14H23NO3/c1-9(2)15-10(3)14(16)12-8-11(17-4)6-7-13(12)18-5/h6-10,14-16H,1-5H3/p+1/t10-,14-/m0/s1. The van der Waals surface area contributed by atoms with Crippen LogP contribution in [0, 0.1) is 0 Å². The first-order valence-electron chi connectivity index (χ1n) is 6.24. The predicted octanol–water partition coefficient (Wildman–Crippen LogP) is 1.10. The Kier molecular flexibility index (Phi) is 5.44. The summed E-state index contributed by atoms with van der Waals surface area (Å²) in [6.45, 7) is 6.21. The predicted molar refractivity (Wildman–Crippen MR) is 71.0 cm³/mol. The van der Waals surface area contributed by atoms with Crippen molar-refractivity contribution in [2.24, 2.45) is 0 Å². The fourth-order valence-corrected chi connectivity index (χ4v) is 2.07. The number of hydrogen-bond donors (Lipinski definition) is 2. The molecule has 0 spiro atoms. The van der Waals surface area contributed by atoms with Crippen LogP contribution in [0.3, 0.4) is 0 Å². The molecule has 0 aliphatic rings. The fourth-order valence-electron chi connectivity index (χ4n) is 2.07. The van der Waals surface area contributed by atoms with Crippen LogP contribution >= 0.6 is 0 Å². The Labute approximate surface area is 109 Å². The second kappa shape index (κ2) is 6.61. The molecule has 4 heteroatoms. The average Bonchev–Trinajstić information content (AvgIpc) is 2.36. The summed E-state index contributed by atoms with van der Waals surface area (Å²) < 4.78 is 10.5. The van der Waals surface area contributed by atoms with Crippen molar-refractivity contribution < 1.29 is 19.9 Å². The second-order valence-corrected chi connectivity index (χ2v) is 4.85.